The molecule has 1 fully saturated rings. The van der Waals surface area contributed by atoms with Crippen LogP contribution in [0.3, 0.4) is 0 Å². The van der Waals surface area contributed by atoms with Gasteiger partial charge in [-0.05, 0) is 44.2 Å². The van der Waals surface area contributed by atoms with E-state index < -0.39 is 0 Å². The fourth-order valence-corrected chi connectivity index (χ4v) is 2.34. The van der Waals surface area contributed by atoms with E-state index in [1.807, 2.05) is 0 Å². The predicted octanol–water partition coefficient (Wildman–Crippen LogP) is 3.20. The Morgan fingerprint density at radius 3 is 2.62 bits per heavy atom. The van der Waals surface area contributed by atoms with Gasteiger partial charge in [-0.3, -0.25) is 0 Å². The Balaban J connectivity index is 2.09. The lowest BCUT2D eigenvalue weighted by Gasteiger charge is -2.24. The van der Waals surface area contributed by atoms with Crippen LogP contribution in [0, 0.1) is 11.8 Å². The zero-order chi connectivity index (χ0) is 9.52. The van der Waals surface area contributed by atoms with Crippen LogP contribution in [0.2, 0.25) is 0 Å². The third kappa shape index (κ3) is 4.12. The zero-order valence-electron chi connectivity index (χ0n) is 9.31. The van der Waals surface area contributed by atoms with Crippen molar-refractivity contribution in [3.8, 4) is 0 Å². The Bertz CT molecular complexity index is 112. The predicted molar refractivity (Wildman–Crippen MR) is 58.9 cm³/mol. The first kappa shape index (κ1) is 11.0. The molecule has 1 heteroatoms. The quantitative estimate of drug-likeness (QED) is 0.690. The molecule has 1 unspecified atom stereocenters. The van der Waals surface area contributed by atoms with Crippen LogP contribution < -0.4 is 5.32 Å². The lowest BCUT2D eigenvalue weighted by Crippen LogP contribution is -2.29. The van der Waals surface area contributed by atoms with Crippen LogP contribution in [0.5, 0.6) is 0 Å². The summed E-state index contributed by atoms with van der Waals surface area (Å²) in [5, 5.41) is 3.49. The Morgan fingerprint density at radius 2 is 2.08 bits per heavy atom. The third-order valence-electron chi connectivity index (χ3n) is 3.54. The molecule has 0 aliphatic carbocycles. The molecule has 0 aromatic carbocycles. The van der Waals surface area contributed by atoms with Gasteiger partial charge in [0.25, 0.3) is 0 Å². The molecule has 0 saturated carbocycles. The standard InChI is InChI=1S/C12H25N/c1-3-11(4-2)7-8-12-6-5-9-13-10-12/h11-13H,3-10H2,1-2H3. The first-order valence-corrected chi connectivity index (χ1v) is 6.07. The van der Waals surface area contributed by atoms with Crippen LogP contribution in [0.1, 0.15) is 52.4 Å². The van der Waals surface area contributed by atoms with Gasteiger partial charge in [-0.25, -0.2) is 0 Å². The van der Waals surface area contributed by atoms with Crippen molar-refractivity contribution >= 4 is 0 Å². The molecule has 1 N–H and O–H groups in total. The number of rotatable bonds is 5. The molecule has 1 heterocycles. The minimum absolute atomic E-state index is 0.981. The van der Waals surface area contributed by atoms with E-state index in [1.165, 1.54) is 51.6 Å². The van der Waals surface area contributed by atoms with E-state index in [0.29, 0.717) is 0 Å². The number of nitrogens with one attached hydrogen (secondary N) is 1. The van der Waals surface area contributed by atoms with Gasteiger partial charge in [-0.15, -0.1) is 0 Å². The zero-order valence-corrected chi connectivity index (χ0v) is 9.31. The molecular formula is C12H25N. The monoisotopic (exact) mass is 183 g/mol. The molecule has 0 radical (unpaired) electrons. The largest absolute Gasteiger partial charge is 0.316 e. The van der Waals surface area contributed by atoms with E-state index in [2.05, 4.69) is 19.2 Å². The molecule has 78 valence electrons. The van der Waals surface area contributed by atoms with Gasteiger partial charge in [-0.1, -0.05) is 33.1 Å². The lowest BCUT2D eigenvalue weighted by atomic mass is 9.88. The summed E-state index contributed by atoms with van der Waals surface area (Å²) < 4.78 is 0. The van der Waals surface area contributed by atoms with Crippen molar-refractivity contribution in [3.05, 3.63) is 0 Å². The highest BCUT2D eigenvalue weighted by Crippen LogP contribution is 2.22. The summed E-state index contributed by atoms with van der Waals surface area (Å²) in [5.74, 6) is 1.97. The minimum atomic E-state index is 0.981. The van der Waals surface area contributed by atoms with Crippen LogP contribution in [0.15, 0.2) is 0 Å². The van der Waals surface area contributed by atoms with Crippen molar-refractivity contribution in [2.45, 2.75) is 52.4 Å². The smallest absolute Gasteiger partial charge is 0.00205 e. The number of hydrogen-bond acceptors (Lipinski definition) is 1. The van der Waals surface area contributed by atoms with Crippen LogP contribution in [-0.4, -0.2) is 13.1 Å². The maximum Gasteiger partial charge on any atom is -0.00205 e. The Hall–Kier alpha value is -0.0400. The van der Waals surface area contributed by atoms with Gasteiger partial charge in [-0.2, -0.15) is 0 Å². The Labute approximate surface area is 83.3 Å². The highest BCUT2D eigenvalue weighted by Gasteiger charge is 2.14. The molecule has 1 rings (SSSR count). The third-order valence-corrected chi connectivity index (χ3v) is 3.54. The van der Waals surface area contributed by atoms with E-state index in [4.69, 9.17) is 0 Å². The normalized spacial score (nSPS) is 23.8. The summed E-state index contributed by atoms with van der Waals surface area (Å²) in [5.41, 5.74) is 0. The average molecular weight is 183 g/mol. The average Bonchev–Trinajstić information content (AvgIpc) is 2.21. The highest BCUT2D eigenvalue weighted by atomic mass is 14.9. The van der Waals surface area contributed by atoms with Crippen LogP contribution in [0.25, 0.3) is 0 Å². The molecule has 0 amide bonds. The van der Waals surface area contributed by atoms with Gasteiger partial charge in [0.15, 0.2) is 0 Å². The molecule has 0 spiro atoms. The van der Waals surface area contributed by atoms with E-state index in [0.717, 1.165) is 11.8 Å². The van der Waals surface area contributed by atoms with Crippen molar-refractivity contribution < 1.29 is 0 Å². The van der Waals surface area contributed by atoms with Gasteiger partial charge in [0.05, 0.1) is 0 Å². The Kier molecular flexibility index (Phi) is 5.45. The maximum absolute atomic E-state index is 3.49. The summed E-state index contributed by atoms with van der Waals surface area (Å²) in [6, 6.07) is 0. The van der Waals surface area contributed by atoms with Crippen molar-refractivity contribution in [2.24, 2.45) is 11.8 Å². The van der Waals surface area contributed by atoms with Crippen LogP contribution in [0.4, 0.5) is 0 Å². The molecule has 1 atom stereocenters. The van der Waals surface area contributed by atoms with Gasteiger partial charge < -0.3 is 5.32 Å². The molecular weight excluding hydrogens is 158 g/mol. The highest BCUT2D eigenvalue weighted by molar-refractivity contribution is 4.70. The summed E-state index contributed by atoms with van der Waals surface area (Å²) in [6.45, 7) is 7.18. The number of piperidine rings is 1. The summed E-state index contributed by atoms with van der Waals surface area (Å²) >= 11 is 0. The second kappa shape index (κ2) is 6.42. The minimum Gasteiger partial charge on any atom is -0.316 e. The summed E-state index contributed by atoms with van der Waals surface area (Å²) in [7, 11) is 0. The SMILES string of the molecule is CCC(CC)CCC1CCCNC1. The van der Waals surface area contributed by atoms with Gasteiger partial charge in [0, 0.05) is 0 Å². The van der Waals surface area contributed by atoms with E-state index in [1.54, 1.807) is 0 Å². The second-order valence-electron chi connectivity index (χ2n) is 4.47. The van der Waals surface area contributed by atoms with Crippen LogP contribution in [-0.2, 0) is 0 Å². The van der Waals surface area contributed by atoms with Crippen molar-refractivity contribution in [2.75, 3.05) is 13.1 Å². The first-order chi connectivity index (χ1) is 6.36. The molecule has 1 nitrogen and oxygen atoms in total. The van der Waals surface area contributed by atoms with Gasteiger partial charge >= 0.3 is 0 Å². The number of hydrogen-bond donors (Lipinski definition) is 1. The molecule has 1 saturated heterocycles. The van der Waals surface area contributed by atoms with Crippen molar-refractivity contribution in [3.63, 3.8) is 0 Å². The molecule has 0 aromatic rings. The summed E-state index contributed by atoms with van der Waals surface area (Å²) in [4.78, 5) is 0. The molecule has 1 aliphatic rings. The van der Waals surface area contributed by atoms with E-state index in [-0.39, 0.29) is 0 Å². The van der Waals surface area contributed by atoms with Crippen molar-refractivity contribution in [1.82, 2.24) is 5.32 Å². The molecule has 13 heavy (non-hydrogen) atoms. The first-order valence-electron chi connectivity index (χ1n) is 6.07. The second-order valence-corrected chi connectivity index (χ2v) is 4.47. The fourth-order valence-electron chi connectivity index (χ4n) is 2.34. The molecule has 1 aliphatic heterocycles. The summed E-state index contributed by atoms with van der Waals surface area (Å²) in [6.07, 6.45) is 8.52. The van der Waals surface area contributed by atoms with Gasteiger partial charge in [0.2, 0.25) is 0 Å². The van der Waals surface area contributed by atoms with Crippen LogP contribution >= 0.6 is 0 Å². The maximum atomic E-state index is 3.49. The van der Waals surface area contributed by atoms with Crippen molar-refractivity contribution in [1.29, 1.82) is 0 Å². The molecule has 0 bridgehead atoms. The van der Waals surface area contributed by atoms with E-state index in [9.17, 15) is 0 Å². The van der Waals surface area contributed by atoms with Gasteiger partial charge in [0.1, 0.15) is 0 Å². The van der Waals surface area contributed by atoms with E-state index >= 15 is 0 Å². The molecule has 0 aromatic heterocycles. The topological polar surface area (TPSA) is 12.0 Å². The Morgan fingerprint density at radius 1 is 1.31 bits per heavy atom. The fraction of sp³-hybridized carbons (Fsp3) is 1.00. The lowest BCUT2D eigenvalue weighted by molar-refractivity contribution is 0.316.